The Hall–Kier alpha value is -2.71. The number of halogens is 2. The Kier molecular flexibility index (Phi) is 7.68. The average molecular weight is 507 g/mol. The van der Waals surface area contributed by atoms with E-state index in [1.165, 1.54) is 0 Å². The van der Waals surface area contributed by atoms with Crippen LogP contribution in [0, 0.1) is 10.1 Å². The van der Waals surface area contributed by atoms with Crippen molar-refractivity contribution in [1.29, 1.82) is 0 Å². The lowest BCUT2D eigenvalue weighted by Crippen LogP contribution is -2.52. The summed E-state index contributed by atoms with van der Waals surface area (Å²) in [4.78, 5) is 30.3. The van der Waals surface area contributed by atoms with Crippen molar-refractivity contribution in [3.8, 4) is 5.75 Å². The van der Waals surface area contributed by atoms with E-state index in [1.54, 1.807) is 42.2 Å². The average Bonchev–Trinajstić information content (AvgIpc) is 2.85. The molecule has 0 radical (unpaired) electrons. The van der Waals surface area contributed by atoms with Crippen molar-refractivity contribution in [3.05, 3.63) is 56.6 Å². The van der Waals surface area contributed by atoms with Gasteiger partial charge in [-0.25, -0.2) is 0 Å². The van der Waals surface area contributed by atoms with Gasteiger partial charge in [0.15, 0.2) is 6.10 Å². The van der Waals surface area contributed by atoms with Crippen molar-refractivity contribution in [2.45, 2.75) is 32.3 Å². The third kappa shape index (κ3) is 5.50. The van der Waals surface area contributed by atoms with Gasteiger partial charge in [-0.05, 0) is 56.5 Å². The van der Waals surface area contributed by atoms with Crippen LogP contribution in [-0.2, 0) is 4.79 Å². The molecule has 0 aromatic heterocycles. The lowest BCUT2D eigenvalue weighted by molar-refractivity contribution is -0.384. The summed E-state index contributed by atoms with van der Waals surface area (Å²) in [5.74, 6) is 0.310. The molecule has 2 aliphatic heterocycles. The smallest absolute Gasteiger partial charge is 0.292 e. The molecule has 2 fully saturated rings. The molecule has 0 N–H and O–H groups in total. The Bertz CT molecular complexity index is 1050. The number of amides is 1. The van der Waals surface area contributed by atoms with Crippen LogP contribution >= 0.6 is 23.2 Å². The van der Waals surface area contributed by atoms with Gasteiger partial charge in [0.05, 0.1) is 9.95 Å². The van der Waals surface area contributed by atoms with Gasteiger partial charge >= 0.3 is 0 Å². The topological polar surface area (TPSA) is 79.2 Å². The maximum atomic E-state index is 12.9. The summed E-state index contributed by atoms with van der Waals surface area (Å²) < 4.78 is 5.78. The van der Waals surface area contributed by atoms with Gasteiger partial charge in [0.1, 0.15) is 11.4 Å². The van der Waals surface area contributed by atoms with E-state index in [1.807, 2.05) is 6.07 Å². The van der Waals surface area contributed by atoms with E-state index in [9.17, 15) is 14.9 Å². The molecular weight excluding hydrogens is 479 g/mol. The molecule has 182 valence electrons. The summed E-state index contributed by atoms with van der Waals surface area (Å²) in [5.41, 5.74) is 1.77. The number of carbonyl (C=O) groups excluding carboxylic acids is 1. The number of nitro groups is 1. The molecule has 2 aromatic carbocycles. The molecule has 1 amide bonds. The molecule has 2 heterocycles. The first-order valence-corrected chi connectivity index (χ1v) is 12.3. The highest BCUT2D eigenvalue weighted by atomic mass is 35.5. The molecule has 2 aromatic rings. The summed E-state index contributed by atoms with van der Waals surface area (Å²) in [6, 6.07) is 10.2. The van der Waals surface area contributed by atoms with Crippen molar-refractivity contribution >= 4 is 46.2 Å². The molecule has 0 saturated carbocycles. The van der Waals surface area contributed by atoms with E-state index in [0.717, 1.165) is 38.0 Å². The molecule has 2 aliphatic rings. The third-order valence-electron chi connectivity index (χ3n) is 6.35. The third-order valence-corrected chi connectivity index (χ3v) is 6.88. The van der Waals surface area contributed by atoms with Crippen LogP contribution in [0.15, 0.2) is 36.4 Å². The monoisotopic (exact) mass is 506 g/mol. The molecule has 1 atom stereocenters. The molecular formula is C24H28Cl2N4O4. The van der Waals surface area contributed by atoms with Crippen molar-refractivity contribution in [2.75, 3.05) is 49.1 Å². The molecule has 0 unspecified atom stereocenters. The van der Waals surface area contributed by atoms with Crippen molar-refractivity contribution in [2.24, 2.45) is 0 Å². The Labute approximate surface area is 209 Å². The fourth-order valence-electron chi connectivity index (χ4n) is 4.50. The molecule has 10 heteroatoms. The van der Waals surface area contributed by atoms with Crippen molar-refractivity contribution in [1.82, 2.24) is 4.90 Å². The minimum atomic E-state index is -0.685. The van der Waals surface area contributed by atoms with Gasteiger partial charge in [0, 0.05) is 56.0 Å². The van der Waals surface area contributed by atoms with Gasteiger partial charge in [0.25, 0.3) is 11.6 Å². The highest BCUT2D eigenvalue weighted by Gasteiger charge is 2.28. The Morgan fingerprint density at radius 2 is 1.68 bits per heavy atom. The fraction of sp³-hybridized carbons (Fsp3) is 0.458. The molecule has 4 rings (SSSR count). The zero-order valence-corrected chi connectivity index (χ0v) is 20.6. The highest BCUT2D eigenvalue weighted by molar-refractivity contribution is 6.35. The Morgan fingerprint density at radius 1 is 0.971 bits per heavy atom. The van der Waals surface area contributed by atoms with Crippen LogP contribution in [-0.4, -0.2) is 61.1 Å². The predicted octanol–water partition coefficient (Wildman–Crippen LogP) is 5.01. The summed E-state index contributed by atoms with van der Waals surface area (Å²) in [6.45, 7) is 5.73. The lowest BCUT2D eigenvalue weighted by atomic mass is 10.1. The van der Waals surface area contributed by atoms with E-state index >= 15 is 0 Å². The van der Waals surface area contributed by atoms with Crippen LogP contribution in [0.25, 0.3) is 0 Å². The number of benzene rings is 2. The number of rotatable bonds is 6. The van der Waals surface area contributed by atoms with E-state index in [0.29, 0.717) is 47.7 Å². The normalized spacial score (nSPS) is 17.4. The second-order valence-electron chi connectivity index (χ2n) is 8.62. The van der Waals surface area contributed by atoms with Crippen LogP contribution < -0.4 is 14.5 Å². The molecule has 0 aliphatic carbocycles. The summed E-state index contributed by atoms with van der Waals surface area (Å²) in [7, 11) is 0. The number of anilines is 2. The maximum Gasteiger partial charge on any atom is 0.292 e. The summed E-state index contributed by atoms with van der Waals surface area (Å²) >= 11 is 12.1. The maximum absolute atomic E-state index is 12.9. The van der Waals surface area contributed by atoms with Crippen LogP contribution in [0.1, 0.15) is 26.2 Å². The second-order valence-corrected chi connectivity index (χ2v) is 9.47. The standard InChI is InChI=1S/C24H28Cl2N4O4/c1-17(34-23-8-5-18(25)15-20(23)26)24(31)29-13-11-27(12-14-29)19-6-7-21(30(32)33)22(16-19)28-9-3-2-4-10-28/h5-8,15-17H,2-4,9-14H2,1H3/t17-/m0/s1. The number of ether oxygens (including phenoxy) is 1. The molecule has 2 saturated heterocycles. The van der Waals surface area contributed by atoms with Crippen LogP contribution in [0.2, 0.25) is 10.0 Å². The van der Waals surface area contributed by atoms with E-state index in [2.05, 4.69) is 9.80 Å². The molecule has 0 bridgehead atoms. The largest absolute Gasteiger partial charge is 0.479 e. The zero-order chi connectivity index (χ0) is 24.2. The van der Waals surface area contributed by atoms with Crippen molar-refractivity contribution in [3.63, 3.8) is 0 Å². The van der Waals surface area contributed by atoms with Gasteiger partial charge in [-0.15, -0.1) is 0 Å². The predicted molar refractivity (Wildman–Crippen MR) is 135 cm³/mol. The van der Waals surface area contributed by atoms with E-state index in [4.69, 9.17) is 27.9 Å². The minimum Gasteiger partial charge on any atom is -0.479 e. The zero-order valence-electron chi connectivity index (χ0n) is 19.1. The molecule has 34 heavy (non-hydrogen) atoms. The lowest BCUT2D eigenvalue weighted by Gasteiger charge is -2.37. The Morgan fingerprint density at radius 3 is 2.32 bits per heavy atom. The van der Waals surface area contributed by atoms with Crippen LogP contribution in [0.3, 0.4) is 0 Å². The van der Waals surface area contributed by atoms with Gasteiger partial charge in [-0.2, -0.15) is 0 Å². The number of nitrogens with zero attached hydrogens (tertiary/aromatic N) is 4. The number of hydrogen-bond donors (Lipinski definition) is 0. The number of nitro benzene ring substituents is 1. The van der Waals surface area contributed by atoms with Gasteiger partial charge in [-0.1, -0.05) is 23.2 Å². The first-order chi connectivity index (χ1) is 16.3. The fourth-order valence-corrected chi connectivity index (χ4v) is 4.96. The first kappa shape index (κ1) is 24.4. The van der Waals surface area contributed by atoms with E-state index < -0.39 is 6.10 Å². The summed E-state index contributed by atoms with van der Waals surface area (Å²) in [5, 5.41) is 12.5. The summed E-state index contributed by atoms with van der Waals surface area (Å²) in [6.07, 6.45) is 2.56. The Balaban J connectivity index is 1.40. The van der Waals surface area contributed by atoms with Gasteiger partial charge in [0.2, 0.25) is 0 Å². The van der Waals surface area contributed by atoms with Gasteiger partial charge in [-0.3, -0.25) is 14.9 Å². The highest BCUT2D eigenvalue weighted by Crippen LogP contribution is 2.35. The number of piperazine rings is 1. The van der Waals surface area contributed by atoms with Crippen molar-refractivity contribution < 1.29 is 14.5 Å². The quantitative estimate of drug-likeness (QED) is 0.404. The number of piperidine rings is 1. The molecule has 0 spiro atoms. The van der Waals surface area contributed by atoms with Crippen LogP contribution in [0.4, 0.5) is 17.1 Å². The second kappa shape index (κ2) is 10.7. The van der Waals surface area contributed by atoms with E-state index in [-0.39, 0.29) is 16.5 Å². The minimum absolute atomic E-state index is 0.108. The van der Waals surface area contributed by atoms with Crippen LogP contribution in [0.5, 0.6) is 5.75 Å². The number of hydrogen-bond acceptors (Lipinski definition) is 6. The number of carbonyl (C=O) groups is 1. The molecule has 8 nitrogen and oxygen atoms in total. The first-order valence-electron chi connectivity index (χ1n) is 11.5. The SMILES string of the molecule is C[C@H](Oc1ccc(Cl)cc1Cl)C(=O)N1CCN(c2ccc([N+](=O)[O-])c(N3CCCCC3)c2)CC1. The van der Waals surface area contributed by atoms with Gasteiger partial charge < -0.3 is 19.4 Å².